The number of hydrazone groups is 1. The minimum Gasteiger partial charge on any atom is -0.493 e. The van der Waals surface area contributed by atoms with Crippen molar-refractivity contribution in [1.82, 2.24) is 30.7 Å². The summed E-state index contributed by atoms with van der Waals surface area (Å²) in [5, 5.41) is 18.9. The fourth-order valence-electron chi connectivity index (χ4n) is 3.02. The van der Waals surface area contributed by atoms with E-state index in [1.165, 1.54) is 50.6 Å². The van der Waals surface area contributed by atoms with Crippen LogP contribution in [0.1, 0.15) is 28.7 Å². The molecule has 15 heteroatoms. The third kappa shape index (κ3) is 5.84. The molecule has 2 aromatic carbocycles. The number of benzene rings is 2. The van der Waals surface area contributed by atoms with Gasteiger partial charge < -0.3 is 19.9 Å². The van der Waals surface area contributed by atoms with Crippen LogP contribution in [0, 0.1) is 5.82 Å². The minimum atomic E-state index is -0.723. The minimum absolute atomic E-state index is 0.00674. The van der Waals surface area contributed by atoms with Crippen molar-refractivity contribution in [3.05, 3.63) is 65.2 Å². The van der Waals surface area contributed by atoms with E-state index in [1.54, 1.807) is 12.1 Å². The van der Waals surface area contributed by atoms with Gasteiger partial charge in [-0.05, 0) is 58.3 Å². The number of anilines is 1. The predicted octanol–water partition coefficient (Wildman–Crippen LogP) is 1.65. The van der Waals surface area contributed by atoms with Gasteiger partial charge in [0, 0.05) is 6.92 Å². The monoisotopic (exact) mass is 510 g/mol. The normalized spacial score (nSPS) is 10.9. The molecule has 0 unspecified atom stereocenters. The van der Waals surface area contributed by atoms with Gasteiger partial charge in [-0.3, -0.25) is 9.59 Å². The van der Waals surface area contributed by atoms with Gasteiger partial charge in [-0.15, -0.1) is 5.10 Å². The zero-order chi connectivity index (χ0) is 26.4. The summed E-state index contributed by atoms with van der Waals surface area (Å²) in [4.78, 5) is 24.1. The first-order valence-corrected chi connectivity index (χ1v) is 10.5. The largest absolute Gasteiger partial charge is 0.493 e. The van der Waals surface area contributed by atoms with E-state index in [0.717, 1.165) is 4.68 Å². The lowest BCUT2D eigenvalue weighted by Gasteiger charge is -2.08. The first-order valence-electron chi connectivity index (χ1n) is 10.5. The molecule has 0 radical (unpaired) electrons. The summed E-state index contributed by atoms with van der Waals surface area (Å²) in [5.74, 6) is -0.890. The first-order chi connectivity index (χ1) is 17.9. The van der Waals surface area contributed by atoms with Crippen LogP contribution in [0.25, 0.3) is 5.82 Å². The van der Waals surface area contributed by atoms with Gasteiger partial charge in [0.05, 0.1) is 13.3 Å². The number of hydrogen-bond donors (Lipinski definition) is 2. The third-order valence-corrected chi connectivity index (χ3v) is 4.68. The zero-order valence-electron chi connectivity index (χ0n) is 19.4. The van der Waals surface area contributed by atoms with Crippen molar-refractivity contribution in [2.75, 3.05) is 12.8 Å². The topological polar surface area (TPSA) is 182 Å². The molecular formula is C22H19FN8O6. The van der Waals surface area contributed by atoms with Crippen molar-refractivity contribution in [2.24, 2.45) is 5.10 Å². The zero-order valence-corrected chi connectivity index (χ0v) is 19.4. The Kier molecular flexibility index (Phi) is 7.32. The van der Waals surface area contributed by atoms with Crippen LogP contribution in [0.15, 0.2) is 52.2 Å². The number of hydrogen-bond acceptors (Lipinski definition) is 12. The maximum absolute atomic E-state index is 13.2. The number of amides is 1. The molecular weight excluding hydrogens is 491 g/mol. The molecule has 0 aliphatic carbocycles. The van der Waals surface area contributed by atoms with E-state index in [0.29, 0.717) is 17.1 Å². The standard InChI is InChI=1S/C22H19FN8O6/c1-12(32)36-17-8-3-13(9-18(17)34-2)10-25-27-22(33)19-16(11-35-15-6-4-14(23)5-7-15)31(30-26-19)21-20(24)28-37-29-21/h3-10H,11H2,1-2H3,(H2,24,28)(H,27,33)/b25-10+. The molecule has 3 N–H and O–H groups in total. The van der Waals surface area contributed by atoms with Gasteiger partial charge in [-0.2, -0.15) is 9.78 Å². The number of ether oxygens (including phenoxy) is 3. The van der Waals surface area contributed by atoms with Crippen molar-refractivity contribution in [3.63, 3.8) is 0 Å². The summed E-state index contributed by atoms with van der Waals surface area (Å²) in [7, 11) is 1.42. The van der Waals surface area contributed by atoms with Crippen LogP contribution in [0.3, 0.4) is 0 Å². The van der Waals surface area contributed by atoms with E-state index in [4.69, 9.17) is 19.9 Å². The number of methoxy groups -OCH3 is 1. The highest BCUT2D eigenvalue weighted by Crippen LogP contribution is 2.27. The van der Waals surface area contributed by atoms with Gasteiger partial charge in [-0.25, -0.2) is 14.4 Å². The number of nitrogen functional groups attached to an aromatic ring is 1. The Bertz CT molecular complexity index is 1450. The highest BCUT2D eigenvalue weighted by Gasteiger charge is 2.24. The van der Waals surface area contributed by atoms with E-state index < -0.39 is 17.7 Å². The fourth-order valence-corrected chi connectivity index (χ4v) is 3.02. The van der Waals surface area contributed by atoms with Gasteiger partial charge in [0.15, 0.2) is 17.2 Å². The number of halogens is 1. The summed E-state index contributed by atoms with van der Waals surface area (Å²) in [5.41, 5.74) is 8.64. The Morgan fingerprint density at radius 1 is 1.19 bits per heavy atom. The van der Waals surface area contributed by atoms with Crippen molar-refractivity contribution in [3.8, 4) is 23.1 Å². The number of carbonyl (C=O) groups excluding carboxylic acids is 2. The average molecular weight is 510 g/mol. The Labute approximate surface area is 207 Å². The second-order valence-corrected chi connectivity index (χ2v) is 7.22. The van der Waals surface area contributed by atoms with Gasteiger partial charge in [0.25, 0.3) is 5.91 Å². The number of nitrogens with two attached hydrogens (primary N) is 1. The summed E-state index contributed by atoms with van der Waals surface area (Å²) in [6, 6.07) is 9.97. The molecule has 0 atom stereocenters. The number of rotatable bonds is 9. The summed E-state index contributed by atoms with van der Waals surface area (Å²) < 4.78 is 34.9. The molecule has 0 aliphatic heterocycles. The second kappa shape index (κ2) is 10.9. The molecule has 2 aromatic heterocycles. The van der Waals surface area contributed by atoms with Crippen LogP contribution in [0.5, 0.6) is 17.2 Å². The number of carbonyl (C=O) groups is 2. The summed E-state index contributed by atoms with van der Waals surface area (Å²) in [6.07, 6.45) is 1.34. The van der Waals surface area contributed by atoms with Crippen molar-refractivity contribution >= 4 is 23.9 Å². The molecule has 0 bridgehead atoms. The number of nitrogens with zero attached hydrogens (tertiary/aromatic N) is 6. The maximum atomic E-state index is 13.2. The summed E-state index contributed by atoms with van der Waals surface area (Å²) >= 11 is 0. The van der Waals surface area contributed by atoms with E-state index in [1.807, 2.05) is 0 Å². The highest BCUT2D eigenvalue weighted by molar-refractivity contribution is 5.94. The van der Waals surface area contributed by atoms with Crippen LogP contribution >= 0.6 is 0 Å². The molecule has 190 valence electrons. The molecule has 14 nitrogen and oxygen atoms in total. The van der Waals surface area contributed by atoms with Gasteiger partial charge in [0.2, 0.25) is 11.6 Å². The second-order valence-electron chi connectivity index (χ2n) is 7.22. The lowest BCUT2D eigenvalue weighted by molar-refractivity contribution is -0.132. The van der Waals surface area contributed by atoms with Crippen LogP contribution in [-0.2, 0) is 11.4 Å². The molecule has 37 heavy (non-hydrogen) atoms. The van der Waals surface area contributed by atoms with E-state index in [2.05, 4.69) is 35.8 Å². The van der Waals surface area contributed by atoms with Gasteiger partial charge >= 0.3 is 5.97 Å². The Balaban J connectivity index is 1.54. The third-order valence-electron chi connectivity index (χ3n) is 4.68. The van der Waals surface area contributed by atoms with Crippen LogP contribution in [0.4, 0.5) is 10.2 Å². The fraction of sp³-hybridized carbons (Fsp3) is 0.136. The predicted molar refractivity (Wildman–Crippen MR) is 124 cm³/mol. The first kappa shape index (κ1) is 24.8. The van der Waals surface area contributed by atoms with E-state index in [-0.39, 0.29) is 35.4 Å². The lowest BCUT2D eigenvalue weighted by atomic mass is 10.2. The smallest absolute Gasteiger partial charge is 0.308 e. The molecule has 2 heterocycles. The Morgan fingerprint density at radius 2 is 1.97 bits per heavy atom. The highest BCUT2D eigenvalue weighted by atomic mass is 19.1. The van der Waals surface area contributed by atoms with Crippen LogP contribution in [0.2, 0.25) is 0 Å². The maximum Gasteiger partial charge on any atom is 0.308 e. The molecule has 0 spiro atoms. The molecule has 4 aromatic rings. The molecule has 0 aliphatic rings. The number of esters is 1. The quantitative estimate of drug-likeness (QED) is 0.144. The Hall–Kier alpha value is -5.34. The van der Waals surface area contributed by atoms with Crippen molar-refractivity contribution in [1.29, 1.82) is 0 Å². The van der Waals surface area contributed by atoms with E-state index in [9.17, 15) is 14.0 Å². The van der Waals surface area contributed by atoms with Crippen LogP contribution in [-0.4, -0.2) is 50.5 Å². The van der Waals surface area contributed by atoms with Gasteiger partial charge in [-0.1, -0.05) is 5.21 Å². The lowest BCUT2D eigenvalue weighted by Crippen LogP contribution is -2.21. The Morgan fingerprint density at radius 3 is 2.65 bits per heavy atom. The van der Waals surface area contributed by atoms with Gasteiger partial charge in [0.1, 0.15) is 23.9 Å². The average Bonchev–Trinajstić information content (AvgIpc) is 3.49. The van der Waals surface area contributed by atoms with Crippen LogP contribution < -0.4 is 25.4 Å². The SMILES string of the molecule is COc1cc(/C=N/NC(=O)c2nnn(-c3nonc3N)c2COc2ccc(F)cc2)ccc1OC(C)=O. The number of nitrogens with one attached hydrogen (secondary N) is 1. The molecule has 1 amide bonds. The summed E-state index contributed by atoms with van der Waals surface area (Å²) in [6.45, 7) is 1.05. The van der Waals surface area contributed by atoms with Crippen molar-refractivity contribution < 1.29 is 32.8 Å². The molecule has 4 rings (SSSR count). The van der Waals surface area contributed by atoms with E-state index >= 15 is 0 Å². The molecule has 0 saturated heterocycles. The van der Waals surface area contributed by atoms with Crippen molar-refractivity contribution in [2.45, 2.75) is 13.5 Å². The molecule has 0 fully saturated rings. The number of aromatic nitrogens is 5. The molecule has 0 saturated carbocycles.